The van der Waals surface area contributed by atoms with Crippen LogP contribution in [0.3, 0.4) is 0 Å². The van der Waals surface area contributed by atoms with Crippen LogP contribution in [0.1, 0.15) is 49.7 Å². The highest BCUT2D eigenvalue weighted by molar-refractivity contribution is 5.41. The SMILES string of the molecule is OCCCOC[C@@H]1C[C@]2(c3ccccc3)N[C@H]1CC[C@H]2NCc1cc(OC(F)(F)F)ccc1OC1CC1. The fourth-order valence-corrected chi connectivity index (χ4v) is 5.80. The highest BCUT2D eigenvalue weighted by Crippen LogP contribution is 2.46. The quantitative estimate of drug-likeness (QED) is 0.354. The minimum absolute atomic E-state index is 0.0644. The number of ether oxygens (including phenoxy) is 3. The van der Waals surface area contributed by atoms with Crippen molar-refractivity contribution in [2.24, 2.45) is 5.92 Å². The minimum Gasteiger partial charge on any atom is -0.490 e. The maximum absolute atomic E-state index is 12.9. The van der Waals surface area contributed by atoms with Crippen molar-refractivity contribution in [3.05, 3.63) is 59.7 Å². The molecule has 5 rings (SSSR count). The first-order chi connectivity index (χ1) is 17.9. The second-order valence-corrected chi connectivity index (χ2v) is 10.3. The Morgan fingerprint density at radius 1 is 1.05 bits per heavy atom. The minimum atomic E-state index is -4.75. The van der Waals surface area contributed by atoms with E-state index in [4.69, 9.17) is 14.6 Å². The smallest absolute Gasteiger partial charge is 0.490 e. The van der Waals surface area contributed by atoms with Gasteiger partial charge >= 0.3 is 6.36 Å². The van der Waals surface area contributed by atoms with Crippen LogP contribution in [-0.2, 0) is 16.8 Å². The number of benzene rings is 2. The fraction of sp³-hybridized carbons (Fsp3) is 0.571. The predicted octanol–water partition coefficient (Wildman–Crippen LogP) is 4.65. The maximum atomic E-state index is 12.9. The largest absolute Gasteiger partial charge is 0.573 e. The van der Waals surface area contributed by atoms with Gasteiger partial charge in [0, 0.05) is 37.4 Å². The molecule has 0 radical (unpaired) electrons. The summed E-state index contributed by atoms with van der Waals surface area (Å²) in [7, 11) is 0. The molecule has 2 bridgehead atoms. The third-order valence-electron chi connectivity index (χ3n) is 7.65. The molecule has 37 heavy (non-hydrogen) atoms. The molecule has 2 aromatic carbocycles. The van der Waals surface area contributed by atoms with Crippen LogP contribution in [0.15, 0.2) is 48.5 Å². The van der Waals surface area contributed by atoms with Crippen LogP contribution in [0, 0.1) is 5.92 Å². The highest BCUT2D eigenvalue weighted by Gasteiger charge is 2.53. The molecule has 3 fully saturated rings. The van der Waals surface area contributed by atoms with E-state index in [0.29, 0.717) is 49.5 Å². The van der Waals surface area contributed by atoms with Gasteiger partial charge in [-0.05, 0) is 68.2 Å². The Kier molecular flexibility index (Phi) is 7.95. The van der Waals surface area contributed by atoms with Crippen molar-refractivity contribution in [3.8, 4) is 11.5 Å². The number of halogens is 3. The normalized spacial score (nSPS) is 27.3. The average Bonchev–Trinajstić information content (AvgIpc) is 3.65. The first-order valence-electron chi connectivity index (χ1n) is 13.2. The summed E-state index contributed by atoms with van der Waals surface area (Å²) in [6, 6.07) is 15.1. The van der Waals surface area contributed by atoms with E-state index in [9.17, 15) is 13.2 Å². The van der Waals surface area contributed by atoms with E-state index in [-0.39, 0.29) is 30.0 Å². The average molecular weight is 521 g/mol. The molecule has 0 spiro atoms. The van der Waals surface area contributed by atoms with Gasteiger partial charge in [0.2, 0.25) is 0 Å². The Morgan fingerprint density at radius 2 is 1.86 bits per heavy atom. The lowest BCUT2D eigenvalue weighted by Crippen LogP contribution is -2.58. The Balaban J connectivity index is 1.35. The molecule has 1 saturated carbocycles. The van der Waals surface area contributed by atoms with Crippen LogP contribution in [0.4, 0.5) is 13.2 Å². The molecule has 202 valence electrons. The van der Waals surface area contributed by atoms with E-state index in [1.807, 2.05) is 18.2 Å². The van der Waals surface area contributed by atoms with E-state index in [1.54, 1.807) is 6.07 Å². The molecule has 0 unspecified atom stereocenters. The standard InChI is InChI=1S/C28H35F3N2O4/c29-28(30,31)37-23-9-11-25(36-22-7-8-22)19(15-23)17-32-26-12-10-24-20(18-35-14-4-13-34)16-27(26,33-24)21-5-2-1-3-6-21/h1-3,5-6,9,11,15,20,22,24,26,32-34H,4,7-8,10,12-14,16-18H2/t20-,24-,26+,27+/m0/s1. The Labute approximate surface area is 215 Å². The van der Waals surface area contributed by atoms with E-state index in [1.165, 1.54) is 17.7 Å². The van der Waals surface area contributed by atoms with E-state index >= 15 is 0 Å². The number of aliphatic hydroxyl groups excluding tert-OH is 1. The summed E-state index contributed by atoms with van der Waals surface area (Å²) >= 11 is 0. The molecule has 2 aromatic rings. The Bertz CT molecular complexity index is 1030. The Hall–Kier alpha value is -2.33. The molecule has 1 aliphatic carbocycles. The number of rotatable bonds is 12. The van der Waals surface area contributed by atoms with Gasteiger partial charge in [-0.15, -0.1) is 13.2 Å². The first kappa shape index (κ1) is 26.3. The second-order valence-electron chi connectivity index (χ2n) is 10.3. The van der Waals surface area contributed by atoms with Gasteiger partial charge < -0.3 is 30.0 Å². The van der Waals surface area contributed by atoms with Gasteiger partial charge in [-0.1, -0.05) is 30.3 Å². The maximum Gasteiger partial charge on any atom is 0.573 e. The molecule has 2 heterocycles. The van der Waals surface area contributed by atoms with Crippen molar-refractivity contribution in [3.63, 3.8) is 0 Å². The monoisotopic (exact) mass is 520 g/mol. The number of piperidine rings is 1. The molecule has 2 saturated heterocycles. The molecule has 4 atom stereocenters. The number of nitrogens with one attached hydrogen (secondary N) is 2. The van der Waals surface area contributed by atoms with Crippen molar-refractivity contribution < 1.29 is 32.5 Å². The van der Waals surface area contributed by atoms with Crippen molar-refractivity contribution >= 4 is 0 Å². The van der Waals surface area contributed by atoms with Crippen LogP contribution < -0.4 is 20.1 Å². The zero-order chi connectivity index (χ0) is 25.9. The topological polar surface area (TPSA) is 72.0 Å². The summed E-state index contributed by atoms with van der Waals surface area (Å²) in [5.74, 6) is 0.692. The third kappa shape index (κ3) is 6.39. The van der Waals surface area contributed by atoms with E-state index < -0.39 is 6.36 Å². The molecule has 9 heteroatoms. The third-order valence-corrected chi connectivity index (χ3v) is 7.65. The van der Waals surface area contributed by atoms with Gasteiger partial charge in [0.05, 0.1) is 18.2 Å². The Morgan fingerprint density at radius 3 is 2.59 bits per heavy atom. The summed E-state index contributed by atoms with van der Waals surface area (Å²) in [5.41, 5.74) is 1.53. The molecule has 0 amide bonds. The van der Waals surface area contributed by atoms with Gasteiger partial charge in [0.15, 0.2) is 0 Å². The molecular weight excluding hydrogens is 485 g/mol. The van der Waals surface area contributed by atoms with Crippen molar-refractivity contribution in [2.45, 2.75) is 75.2 Å². The van der Waals surface area contributed by atoms with Crippen LogP contribution >= 0.6 is 0 Å². The molecular formula is C28H35F3N2O4. The fourth-order valence-electron chi connectivity index (χ4n) is 5.80. The molecule has 3 aliphatic rings. The number of fused-ring (bicyclic) bond motifs is 2. The lowest BCUT2D eigenvalue weighted by Gasteiger charge is -2.43. The number of hydrogen-bond acceptors (Lipinski definition) is 6. The predicted molar refractivity (Wildman–Crippen MR) is 132 cm³/mol. The van der Waals surface area contributed by atoms with Gasteiger partial charge in [-0.25, -0.2) is 0 Å². The highest BCUT2D eigenvalue weighted by atomic mass is 19.4. The molecule has 6 nitrogen and oxygen atoms in total. The second kappa shape index (κ2) is 11.2. The summed E-state index contributed by atoms with van der Waals surface area (Å²) in [5, 5.41) is 16.6. The number of hydrogen-bond donors (Lipinski definition) is 3. The summed E-state index contributed by atoms with van der Waals surface area (Å²) < 4.78 is 54.7. The molecule has 3 N–H and O–H groups in total. The van der Waals surface area contributed by atoms with Gasteiger partial charge in [0.25, 0.3) is 0 Å². The lowest BCUT2D eigenvalue weighted by atomic mass is 9.78. The van der Waals surface area contributed by atoms with Crippen molar-refractivity contribution in [2.75, 3.05) is 19.8 Å². The van der Waals surface area contributed by atoms with E-state index in [0.717, 1.165) is 32.1 Å². The van der Waals surface area contributed by atoms with Crippen molar-refractivity contribution in [1.82, 2.24) is 10.6 Å². The zero-order valence-electron chi connectivity index (χ0n) is 20.8. The van der Waals surface area contributed by atoms with Gasteiger partial charge in [-0.2, -0.15) is 0 Å². The summed E-state index contributed by atoms with van der Waals surface area (Å²) in [4.78, 5) is 0. The molecule has 0 aromatic heterocycles. The summed E-state index contributed by atoms with van der Waals surface area (Å²) in [6.07, 6.45) is 0.715. The van der Waals surface area contributed by atoms with Crippen LogP contribution in [0.2, 0.25) is 0 Å². The van der Waals surface area contributed by atoms with Crippen LogP contribution in [0.5, 0.6) is 11.5 Å². The number of alkyl halides is 3. The van der Waals surface area contributed by atoms with Gasteiger partial charge in [-0.3, -0.25) is 0 Å². The van der Waals surface area contributed by atoms with Crippen LogP contribution in [-0.4, -0.2) is 49.5 Å². The number of aliphatic hydroxyl groups is 1. The molecule has 2 aliphatic heterocycles. The van der Waals surface area contributed by atoms with Crippen LogP contribution in [0.25, 0.3) is 0 Å². The zero-order valence-corrected chi connectivity index (χ0v) is 20.8. The van der Waals surface area contributed by atoms with Gasteiger partial charge in [0.1, 0.15) is 11.5 Å². The lowest BCUT2D eigenvalue weighted by molar-refractivity contribution is -0.274. The first-order valence-corrected chi connectivity index (χ1v) is 13.2. The van der Waals surface area contributed by atoms with Crippen molar-refractivity contribution in [1.29, 1.82) is 0 Å². The van der Waals surface area contributed by atoms with E-state index in [2.05, 4.69) is 27.5 Å². The summed E-state index contributed by atoms with van der Waals surface area (Å²) in [6.45, 7) is 1.66.